The summed E-state index contributed by atoms with van der Waals surface area (Å²) in [4.78, 5) is 2.58. The van der Waals surface area contributed by atoms with E-state index in [2.05, 4.69) is 22.3 Å². The van der Waals surface area contributed by atoms with Gasteiger partial charge in [-0.15, -0.1) is 0 Å². The third-order valence-electron chi connectivity index (χ3n) is 4.38. The van der Waals surface area contributed by atoms with Crippen molar-refractivity contribution in [2.45, 2.75) is 31.5 Å². The fourth-order valence-electron chi connectivity index (χ4n) is 3.12. The minimum absolute atomic E-state index is 0.309. The number of nitrogens with zero attached hydrogens (tertiary/aromatic N) is 1. The Morgan fingerprint density at radius 3 is 3.00 bits per heavy atom. The number of morpholine rings is 1. The van der Waals surface area contributed by atoms with Crippen LogP contribution in [0.3, 0.4) is 0 Å². The van der Waals surface area contributed by atoms with Crippen molar-refractivity contribution in [1.29, 1.82) is 0 Å². The van der Waals surface area contributed by atoms with Crippen LogP contribution in [0.5, 0.6) is 0 Å². The predicted molar refractivity (Wildman–Crippen MR) is 82.3 cm³/mol. The Kier molecular flexibility index (Phi) is 3.67. The number of nitrogens with one attached hydrogen (secondary N) is 1. The van der Waals surface area contributed by atoms with Gasteiger partial charge in [0.2, 0.25) is 0 Å². The van der Waals surface area contributed by atoms with Crippen molar-refractivity contribution in [3.05, 3.63) is 36.1 Å². The van der Waals surface area contributed by atoms with Crippen LogP contribution in [0.1, 0.15) is 18.6 Å². The van der Waals surface area contributed by atoms with Gasteiger partial charge in [0.1, 0.15) is 11.3 Å². The van der Waals surface area contributed by atoms with E-state index in [1.54, 1.807) is 0 Å². The van der Waals surface area contributed by atoms with E-state index in [1.807, 2.05) is 18.2 Å². The lowest BCUT2D eigenvalue weighted by Crippen LogP contribution is -2.47. The van der Waals surface area contributed by atoms with Crippen molar-refractivity contribution in [3.8, 4) is 0 Å². The first-order valence-corrected chi connectivity index (χ1v) is 7.92. The average Bonchev–Trinajstić information content (AvgIpc) is 3.28. The summed E-state index contributed by atoms with van der Waals surface area (Å²) in [6.07, 6.45) is 3.06. The summed E-state index contributed by atoms with van der Waals surface area (Å²) in [5.41, 5.74) is 0.961. The maximum Gasteiger partial charge on any atom is 0.134 e. The summed E-state index contributed by atoms with van der Waals surface area (Å²) in [7, 11) is 0. The summed E-state index contributed by atoms with van der Waals surface area (Å²) in [6, 6.07) is 11.1. The van der Waals surface area contributed by atoms with E-state index in [-0.39, 0.29) is 0 Å². The van der Waals surface area contributed by atoms with Gasteiger partial charge in [0.05, 0.1) is 19.3 Å². The molecule has 1 saturated heterocycles. The monoisotopic (exact) mass is 286 g/mol. The average molecular weight is 286 g/mol. The molecular formula is C17H22N2O2. The van der Waals surface area contributed by atoms with Gasteiger partial charge in [-0.05, 0) is 25.0 Å². The van der Waals surface area contributed by atoms with E-state index < -0.39 is 0 Å². The Labute approximate surface area is 125 Å². The molecule has 21 heavy (non-hydrogen) atoms. The zero-order valence-electron chi connectivity index (χ0n) is 12.3. The Bertz CT molecular complexity index is 573. The van der Waals surface area contributed by atoms with Gasteiger partial charge in [-0.2, -0.15) is 0 Å². The van der Waals surface area contributed by atoms with Crippen molar-refractivity contribution in [1.82, 2.24) is 10.2 Å². The van der Waals surface area contributed by atoms with Gasteiger partial charge in [0, 0.05) is 31.1 Å². The van der Waals surface area contributed by atoms with E-state index in [1.165, 1.54) is 18.2 Å². The Morgan fingerprint density at radius 2 is 2.14 bits per heavy atom. The van der Waals surface area contributed by atoms with Crippen LogP contribution in [-0.2, 0) is 11.3 Å². The normalized spacial score (nSPS) is 23.7. The van der Waals surface area contributed by atoms with Crippen molar-refractivity contribution < 1.29 is 9.15 Å². The lowest BCUT2D eigenvalue weighted by molar-refractivity contribution is -0.0302. The molecule has 2 aliphatic rings. The third-order valence-corrected chi connectivity index (χ3v) is 4.38. The number of fused-ring (bicyclic) bond motifs is 1. The van der Waals surface area contributed by atoms with Crippen molar-refractivity contribution in [3.63, 3.8) is 0 Å². The van der Waals surface area contributed by atoms with E-state index in [4.69, 9.17) is 9.15 Å². The second kappa shape index (κ2) is 5.79. The van der Waals surface area contributed by atoms with E-state index in [9.17, 15) is 0 Å². The van der Waals surface area contributed by atoms with Crippen LogP contribution in [0.2, 0.25) is 0 Å². The molecule has 0 unspecified atom stereocenters. The lowest BCUT2D eigenvalue weighted by Gasteiger charge is -2.33. The molecule has 0 amide bonds. The van der Waals surface area contributed by atoms with Crippen LogP contribution in [0.15, 0.2) is 34.7 Å². The maximum absolute atomic E-state index is 5.85. The van der Waals surface area contributed by atoms with Crippen molar-refractivity contribution in [2.75, 3.05) is 26.2 Å². The minimum Gasteiger partial charge on any atom is -0.460 e. The molecule has 4 heteroatoms. The molecule has 0 radical (unpaired) electrons. The summed E-state index contributed by atoms with van der Waals surface area (Å²) < 4.78 is 11.7. The fourth-order valence-corrected chi connectivity index (χ4v) is 3.12. The smallest absolute Gasteiger partial charge is 0.134 e. The minimum atomic E-state index is 0.309. The van der Waals surface area contributed by atoms with E-state index >= 15 is 0 Å². The summed E-state index contributed by atoms with van der Waals surface area (Å²) >= 11 is 0. The molecule has 0 bridgehead atoms. The molecule has 112 valence electrons. The molecule has 2 heterocycles. The second-order valence-electron chi connectivity index (χ2n) is 6.10. The quantitative estimate of drug-likeness (QED) is 0.916. The lowest BCUT2D eigenvalue weighted by atomic mass is 10.2. The molecule has 1 aromatic carbocycles. The Balaban J connectivity index is 1.28. The third kappa shape index (κ3) is 3.12. The van der Waals surface area contributed by atoms with Gasteiger partial charge < -0.3 is 14.5 Å². The highest BCUT2D eigenvalue weighted by atomic mass is 16.5. The van der Waals surface area contributed by atoms with Crippen molar-refractivity contribution in [2.24, 2.45) is 0 Å². The van der Waals surface area contributed by atoms with Crippen LogP contribution in [0.4, 0.5) is 0 Å². The molecule has 1 aliphatic carbocycles. The SMILES string of the molecule is c1ccc2oc(CNC[C@@H]3CN(C4CC4)CCO3)cc2c1. The Morgan fingerprint density at radius 1 is 1.24 bits per heavy atom. The first-order chi connectivity index (χ1) is 10.4. The fraction of sp³-hybridized carbons (Fsp3) is 0.529. The number of rotatable bonds is 5. The number of hydrogen-bond acceptors (Lipinski definition) is 4. The first kappa shape index (κ1) is 13.3. The predicted octanol–water partition coefficient (Wildman–Crippen LogP) is 2.39. The number of ether oxygens (including phenoxy) is 1. The van der Waals surface area contributed by atoms with Gasteiger partial charge in [-0.1, -0.05) is 18.2 Å². The molecule has 1 atom stereocenters. The number of furan rings is 1. The molecule has 2 fully saturated rings. The van der Waals surface area contributed by atoms with Crippen LogP contribution < -0.4 is 5.32 Å². The van der Waals surface area contributed by atoms with Gasteiger partial charge in [0.25, 0.3) is 0 Å². The largest absolute Gasteiger partial charge is 0.460 e. The second-order valence-corrected chi connectivity index (χ2v) is 6.10. The van der Waals surface area contributed by atoms with Gasteiger partial charge in [-0.25, -0.2) is 0 Å². The van der Waals surface area contributed by atoms with Crippen LogP contribution >= 0.6 is 0 Å². The molecule has 1 N–H and O–H groups in total. The van der Waals surface area contributed by atoms with Crippen LogP contribution in [0.25, 0.3) is 11.0 Å². The molecular weight excluding hydrogens is 264 g/mol. The molecule has 1 aliphatic heterocycles. The number of para-hydroxylation sites is 1. The molecule has 4 rings (SSSR count). The number of benzene rings is 1. The van der Waals surface area contributed by atoms with Gasteiger partial charge in [-0.3, -0.25) is 4.90 Å². The summed E-state index contributed by atoms with van der Waals surface area (Å²) in [5.74, 6) is 0.992. The highest BCUT2D eigenvalue weighted by molar-refractivity contribution is 5.77. The highest BCUT2D eigenvalue weighted by Gasteiger charge is 2.32. The summed E-state index contributed by atoms with van der Waals surface area (Å²) in [5, 5.41) is 4.64. The van der Waals surface area contributed by atoms with Crippen LogP contribution in [-0.4, -0.2) is 43.3 Å². The van der Waals surface area contributed by atoms with E-state index in [0.717, 1.165) is 50.2 Å². The van der Waals surface area contributed by atoms with Crippen molar-refractivity contribution >= 4 is 11.0 Å². The molecule has 4 nitrogen and oxygen atoms in total. The Hall–Kier alpha value is -1.36. The highest BCUT2D eigenvalue weighted by Crippen LogP contribution is 2.28. The molecule has 1 saturated carbocycles. The number of hydrogen-bond donors (Lipinski definition) is 1. The molecule has 2 aromatic rings. The standard InChI is InChI=1S/C17H22N2O2/c1-2-4-17-13(3-1)9-15(21-17)10-18-11-16-12-19(7-8-20-16)14-5-6-14/h1-4,9,14,16,18H,5-8,10-12H2/t16-/m1/s1. The maximum atomic E-state index is 5.85. The van der Waals surface area contributed by atoms with E-state index in [0.29, 0.717) is 6.10 Å². The van der Waals surface area contributed by atoms with Gasteiger partial charge in [0.15, 0.2) is 0 Å². The summed E-state index contributed by atoms with van der Waals surface area (Å²) in [6.45, 7) is 4.69. The van der Waals surface area contributed by atoms with Crippen LogP contribution in [0, 0.1) is 0 Å². The van der Waals surface area contributed by atoms with Gasteiger partial charge >= 0.3 is 0 Å². The first-order valence-electron chi connectivity index (χ1n) is 7.92. The topological polar surface area (TPSA) is 37.6 Å². The zero-order chi connectivity index (χ0) is 14.1. The zero-order valence-corrected chi connectivity index (χ0v) is 12.3. The molecule has 0 spiro atoms. The molecule has 1 aromatic heterocycles.